The highest BCUT2D eigenvalue weighted by atomic mass is 16.3. The topological polar surface area (TPSA) is 91.0 Å². The third-order valence-corrected chi connectivity index (χ3v) is 5.14. The zero-order valence-electron chi connectivity index (χ0n) is 14.1. The molecule has 0 bridgehead atoms. The van der Waals surface area contributed by atoms with Crippen LogP contribution in [0.5, 0.6) is 5.75 Å². The van der Waals surface area contributed by atoms with Crippen molar-refractivity contribution in [1.29, 1.82) is 0 Å². The van der Waals surface area contributed by atoms with Crippen LogP contribution in [0.15, 0.2) is 58.4 Å². The van der Waals surface area contributed by atoms with Gasteiger partial charge >= 0.3 is 0 Å². The molecule has 134 valence electrons. The first-order chi connectivity index (χ1) is 12.6. The van der Waals surface area contributed by atoms with Crippen LogP contribution in [0, 0.1) is 0 Å². The number of benzene rings is 1. The first kappa shape index (κ1) is 16.4. The summed E-state index contributed by atoms with van der Waals surface area (Å²) in [4.78, 5) is 27.3. The molecule has 0 spiro atoms. The van der Waals surface area contributed by atoms with Crippen molar-refractivity contribution in [3.05, 3.63) is 65.3 Å². The lowest BCUT2D eigenvalue weighted by Gasteiger charge is -2.32. The van der Waals surface area contributed by atoms with E-state index in [1.54, 1.807) is 23.1 Å². The summed E-state index contributed by atoms with van der Waals surface area (Å²) in [6.45, 7) is 0. The fourth-order valence-corrected chi connectivity index (χ4v) is 3.98. The van der Waals surface area contributed by atoms with Crippen molar-refractivity contribution in [1.82, 2.24) is 4.90 Å². The summed E-state index contributed by atoms with van der Waals surface area (Å²) >= 11 is 0. The largest absolute Gasteiger partial charge is 0.508 e. The van der Waals surface area contributed by atoms with Gasteiger partial charge in [0.15, 0.2) is 11.5 Å². The van der Waals surface area contributed by atoms with Crippen molar-refractivity contribution in [2.45, 2.75) is 37.8 Å². The van der Waals surface area contributed by atoms with Crippen LogP contribution < -0.4 is 0 Å². The van der Waals surface area contributed by atoms with Gasteiger partial charge in [0, 0.05) is 6.04 Å². The van der Waals surface area contributed by atoms with E-state index in [1.165, 1.54) is 24.5 Å². The number of carbonyl (C=O) groups is 2. The number of phenolic OH excluding ortho intramolecular Hbond substituents is 1. The minimum Gasteiger partial charge on any atom is -0.508 e. The number of nitrogens with zero attached hydrogens (tertiary/aromatic N) is 1. The molecule has 0 radical (unpaired) electrons. The zero-order chi connectivity index (χ0) is 18.3. The molecule has 1 aliphatic carbocycles. The fraction of sp³-hybridized carbons (Fsp3) is 0.300. The van der Waals surface area contributed by atoms with Gasteiger partial charge in [-0.15, -0.1) is 0 Å². The molecule has 6 nitrogen and oxygen atoms in total. The van der Waals surface area contributed by atoms with E-state index in [2.05, 4.69) is 0 Å². The van der Waals surface area contributed by atoms with Crippen LogP contribution in [-0.4, -0.2) is 32.8 Å². The number of phenols is 1. The van der Waals surface area contributed by atoms with E-state index in [4.69, 9.17) is 4.42 Å². The number of Topliss-reactive ketones (excluding diaryl/α,β-unsaturated/α-hetero) is 1. The number of hydrogen-bond acceptors (Lipinski definition) is 5. The van der Waals surface area contributed by atoms with Gasteiger partial charge in [-0.1, -0.05) is 25.0 Å². The maximum Gasteiger partial charge on any atom is 0.290 e. The SMILES string of the molecule is O=C(C1=C(O)C(=O)N(C2CCCC2)C1c1cccc(O)c1)c1ccco1. The average Bonchev–Trinajstić information content (AvgIpc) is 3.37. The molecule has 1 aromatic heterocycles. The lowest BCUT2D eigenvalue weighted by atomic mass is 9.94. The molecule has 1 unspecified atom stereocenters. The van der Waals surface area contributed by atoms with Gasteiger partial charge in [0.25, 0.3) is 5.91 Å². The van der Waals surface area contributed by atoms with Crippen molar-refractivity contribution in [3.8, 4) is 5.75 Å². The smallest absolute Gasteiger partial charge is 0.290 e. The minimum absolute atomic E-state index is 0.00227. The van der Waals surface area contributed by atoms with Gasteiger partial charge in [-0.25, -0.2) is 0 Å². The van der Waals surface area contributed by atoms with Crippen LogP contribution in [0.3, 0.4) is 0 Å². The van der Waals surface area contributed by atoms with Gasteiger partial charge in [-0.05, 0) is 42.7 Å². The fourth-order valence-electron chi connectivity index (χ4n) is 3.98. The van der Waals surface area contributed by atoms with Gasteiger partial charge in [-0.3, -0.25) is 9.59 Å². The quantitative estimate of drug-likeness (QED) is 0.821. The van der Waals surface area contributed by atoms with Crippen molar-refractivity contribution in [2.24, 2.45) is 0 Å². The second kappa shape index (κ2) is 6.37. The molecule has 2 heterocycles. The lowest BCUT2D eigenvalue weighted by molar-refractivity contribution is -0.131. The third kappa shape index (κ3) is 2.58. The summed E-state index contributed by atoms with van der Waals surface area (Å²) in [5, 5.41) is 20.4. The van der Waals surface area contributed by atoms with E-state index < -0.39 is 23.5 Å². The Bertz CT molecular complexity index is 877. The molecule has 1 saturated carbocycles. The first-order valence-electron chi connectivity index (χ1n) is 8.71. The summed E-state index contributed by atoms with van der Waals surface area (Å²) in [7, 11) is 0. The van der Waals surface area contributed by atoms with Crippen LogP contribution in [-0.2, 0) is 4.79 Å². The van der Waals surface area contributed by atoms with Crippen LogP contribution in [0.2, 0.25) is 0 Å². The number of carbonyl (C=O) groups excluding carboxylic acids is 2. The number of aromatic hydroxyl groups is 1. The van der Waals surface area contributed by atoms with E-state index in [0.717, 1.165) is 25.7 Å². The van der Waals surface area contributed by atoms with E-state index in [-0.39, 0.29) is 23.1 Å². The molecule has 2 aromatic rings. The summed E-state index contributed by atoms with van der Waals surface area (Å²) in [6.07, 6.45) is 5.04. The van der Waals surface area contributed by atoms with Crippen molar-refractivity contribution >= 4 is 11.7 Å². The van der Waals surface area contributed by atoms with E-state index in [0.29, 0.717) is 5.56 Å². The molecule has 1 aromatic carbocycles. The Labute approximate surface area is 150 Å². The average molecular weight is 353 g/mol. The number of hydrogen-bond donors (Lipinski definition) is 2. The zero-order valence-corrected chi connectivity index (χ0v) is 14.1. The second-order valence-electron chi connectivity index (χ2n) is 6.72. The molecule has 0 saturated heterocycles. The summed E-state index contributed by atoms with van der Waals surface area (Å²) in [6, 6.07) is 8.75. The number of ketones is 1. The summed E-state index contributed by atoms with van der Waals surface area (Å²) < 4.78 is 5.19. The minimum atomic E-state index is -0.740. The number of furan rings is 1. The van der Waals surface area contributed by atoms with Crippen LogP contribution >= 0.6 is 0 Å². The van der Waals surface area contributed by atoms with Crippen LogP contribution in [0.25, 0.3) is 0 Å². The van der Waals surface area contributed by atoms with Gasteiger partial charge in [0.2, 0.25) is 5.78 Å². The van der Waals surface area contributed by atoms with Crippen LogP contribution in [0.1, 0.15) is 47.8 Å². The van der Waals surface area contributed by atoms with E-state index in [1.807, 2.05) is 0 Å². The Hall–Kier alpha value is -3.02. The molecule has 1 aliphatic heterocycles. The predicted octanol–water partition coefficient (Wildman–Crippen LogP) is 3.51. The molecule has 4 rings (SSSR count). The highest BCUT2D eigenvalue weighted by Gasteiger charge is 2.47. The Balaban J connectivity index is 1.83. The van der Waals surface area contributed by atoms with E-state index in [9.17, 15) is 19.8 Å². The van der Waals surface area contributed by atoms with Crippen LogP contribution in [0.4, 0.5) is 0 Å². The highest BCUT2D eigenvalue weighted by molar-refractivity contribution is 6.15. The molecule has 1 atom stereocenters. The number of amides is 1. The number of aliphatic hydroxyl groups is 1. The summed E-state index contributed by atoms with van der Waals surface area (Å²) in [5.41, 5.74) is 0.589. The molecule has 6 heteroatoms. The van der Waals surface area contributed by atoms with E-state index >= 15 is 0 Å². The van der Waals surface area contributed by atoms with Gasteiger partial charge in [-0.2, -0.15) is 0 Å². The molecule has 26 heavy (non-hydrogen) atoms. The maximum absolute atomic E-state index is 12.9. The normalized spacial score (nSPS) is 21.0. The number of rotatable bonds is 4. The number of aliphatic hydroxyl groups excluding tert-OH is 1. The van der Waals surface area contributed by atoms with Crippen molar-refractivity contribution < 1.29 is 24.2 Å². The Morgan fingerprint density at radius 3 is 2.54 bits per heavy atom. The predicted molar refractivity (Wildman–Crippen MR) is 92.6 cm³/mol. The van der Waals surface area contributed by atoms with Crippen molar-refractivity contribution in [3.63, 3.8) is 0 Å². The molecule has 1 amide bonds. The van der Waals surface area contributed by atoms with Crippen molar-refractivity contribution in [2.75, 3.05) is 0 Å². The first-order valence-corrected chi connectivity index (χ1v) is 8.71. The molecule has 2 N–H and O–H groups in total. The Morgan fingerprint density at radius 1 is 1.12 bits per heavy atom. The molecular formula is C20H19NO5. The van der Waals surface area contributed by atoms with Gasteiger partial charge < -0.3 is 19.5 Å². The van der Waals surface area contributed by atoms with Gasteiger partial charge in [0.05, 0.1) is 17.9 Å². The second-order valence-corrected chi connectivity index (χ2v) is 6.72. The highest BCUT2D eigenvalue weighted by Crippen LogP contribution is 2.43. The molecule has 2 aliphatic rings. The summed E-state index contributed by atoms with van der Waals surface area (Å²) in [5.74, 6) is -1.49. The standard InChI is InChI=1S/C20H19NO5/c22-14-8-3-5-12(11-14)17-16(18(23)15-9-4-10-26-15)19(24)20(25)21(17)13-6-1-2-7-13/h3-5,8-11,13,17,22,24H,1-2,6-7H2. The Morgan fingerprint density at radius 2 is 1.88 bits per heavy atom. The Kier molecular flexibility index (Phi) is 4.03. The maximum atomic E-state index is 12.9. The lowest BCUT2D eigenvalue weighted by Crippen LogP contribution is -2.38. The van der Waals surface area contributed by atoms with Gasteiger partial charge in [0.1, 0.15) is 5.75 Å². The molecule has 1 fully saturated rings. The molecular weight excluding hydrogens is 334 g/mol. The monoisotopic (exact) mass is 353 g/mol. The third-order valence-electron chi connectivity index (χ3n) is 5.14.